The predicted octanol–water partition coefficient (Wildman–Crippen LogP) is 3.40. The van der Waals surface area contributed by atoms with Gasteiger partial charge in [-0.1, -0.05) is 42.0 Å². The van der Waals surface area contributed by atoms with E-state index in [-0.39, 0.29) is 0 Å². The van der Waals surface area contributed by atoms with Crippen LogP contribution in [0.2, 0.25) is 0 Å². The van der Waals surface area contributed by atoms with E-state index in [2.05, 4.69) is 61.2 Å². The maximum Gasteiger partial charge on any atom is 0.0967 e. The average molecular weight is 267 g/mol. The van der Waals surface area contributed by atoms with Gasteiger partial charge in [0.25, 0.3) is 0 Å². The van der Waals surface area contributed by atoms with Crippen LogP contribution in [0.5, 0.6) is 0 Å². The first-order chi connectivity index (χ1) is 9.65. The highest BCUT2D eigenvalue weighted by atomic mass is 16.3. The van der Waals surface area contributed by atoms with Gasteiger partial charge in [0, 0.05) is 18.8 Å². The Bertz CT molecular complexity index is 621. The van der Waals surface area contributed by atoms with Crippen LogP contribution in [0, 0.1) is 13.8 Å². The van der Waals surface area contributed by atoms with Crippen molar-refractivity contribution in [3.8, 4) is 0 Å². The molecule has 0 bridgehead atoms. The molecule has 2 aromatic carbocycles. The number of fused-ring (bicyclic) bond motifs is 1. The van der Waals surface area contributed by atoms with Gasteiger partial charge >= 0.3 is 0 Å². The lowest BCUT2D eigenvalue weighted by molar-refractivity contribution is 0.183. The lowest BCUT2D eigenvalue weighted by atomic mass is 10.0. The Hall–Kier alpha value is -1.80. The minimum atomic E-state index is -0.429. The highest BCUT2D eigenvalue weighted by Crippen LogP contribution is 2.30. The molecule has 3 rings (SSSR count). The van der Waals surface area contributed by atoms with Crippen LogP contribution in [0.1, 0.15) is 28.4 Å². The van der Waals surface area contributed by atoms with Crippen molar-refractivity contribution < 1.29 is 5.11 Å². The number of β-amino-alcohol motifs (C(OH)–C–C–N with tert-alkyl or cyclic N) is 1. The molecule has 0 radical (unpaired) electrons. The van der Waals surface area contributed by atoms with E-state index < -0.39 is 6.10 Å². The van der Waals surface area contributed by atoms with Crippen molar-refractivity contribution in [1.82, 2.24) is 0 Å². The zero-order chi connectivity index (χ0) is 14.1. The molecular weight excluding hydrogens is 246 g/mol. The number of rotatable bonds is 3. The number of aliphatic hydroxyl groups excluding tert-OH is 1. The van der Waals surface area contributed by atoms with E-state index in [1.54, 1.807) is 0 Å². The second-order valence-corrected chi connectivity index (χ2v) is 5.70. The summed E-state index contributed by atoms with van der Waals surface area (Å²) in [5.41, 5.74) is 6.12. The summed E-state index contributed by atoms with van der Waals surface area (Å²) in [6.45, 7) is 5.82. The maximum atomic E-state index is 10.5. The molecular formula is C18H21NO. The third-order valence-corrected chi connectivity index (χ3v) is 4.16. The number of anilines is 1. The molecule has 0 aromatic heterocycles. The molecule has 0 aliphatic carbocycles. The fourth-order valence-corrected chi connectivity index (χ4v) is 3.10. The third-order valence-electron chi connectivity index (χ3n) is 4.16. The molecule has 1 aliphatic heterocycles. The molecule has 2 nitrogen and oxygen atoms in total. The molecule has 0 spiro atoms. The quantitative estimate of drug-likeness (QED) is 0.921. The molecule has 0 amide bonds. The van der Waals surface area contributed by atoms with Gasteiger partial charge in [0.05, 0.1) is 6.10 Å². The van der Waals surface area contributed by atoms with Crippen LogP contribution in [0.25, 0.3) is 0 Å². The first-order valence-corrected chi connectivity index (χ1v) is 7.23. The maximum absolute atomic E-state index is 10.5. The molecule has 0 saturated heterocycles. The van der Waals surface area contributed by atoms with Crippen molar-refractivity contribution >= 4 is 5.69 Å². The van der Waals surface area contributed by atoms with E-state index in [9.17, 15) is 5.11 Å². The van der Waals surface area contributed by atoms with Crippen molar-refractivity contribution in [3.05, 3.63) is 64.7 Å². The fraction of sp³-hybridized carbons (Fsp3) is 0.333. The normalized spacial score (nSPS) is 15.2. The highest BCUT2D eigenvalue weighted by Gasteiger charge is 2.22. The topological polar surface area (TPSA) is 23.5 Å². The summed E-state index contributed by atoms with van der Waals surface area (Å²) >= 11 is 0. The zero-order valence-electron chi connectivity index (χ0n) is 12.1. The Balaban J connectivity index is 1.79. The Labute approximate surface area is 120 Å². The number of hydrogen-bond acceptors (Lipinski definition) is 2. The van der Waals surface area contributed by atoms with E-state index >= 15 is 0 Å². The van der Waals surface area contributed by atoms with E-state index in [0.717, 1.165) is 18.5 Å². The first kappa shape index (κ1) is 13.2. The van der Waals surface area contributed by atoms with Gasteiger partial charge in [-0.2, -0.15) is 0 Å². The van der Waals surface area contributed by atoms with Gasteiger partial charge in [0.2, 0.25) is 0 Å². The number of aryl methyl sites for hydroxylation is 2. The van der Waals surface area contributed by atoms with Crippen LogP contribution < -0.4 is 4.90 Å². The van der Waals surface area contributed by atoms with Crippen molar-refractivity contribution in [2.75, 3.05) is 18.0 Å². The highest BCUT2D eigenvalue weighted by molar-refractivity contribution is 5.58. The molecule has 1 heterocycles. The van der Waals surface area contributed by atoms with E-state index in [1.165, 1.54) is 22.4 Å². The standard InChI is InChI=1S/C18H21NO/c1-13-7-8-16(14(2)11-13)18(20)12-19-10-9-15-5-3-4-6-17(15)19/h3-8,11,18,20H,9-10,12H2,1-2H3. The summed E-state index contributed by atoms with van der Waals surface area (Å²) in [5.74, 6) is 0. The number of nitrogens with zero attached hydrogens (tertiary/aromatic N) is 1. The van der Waals surface area contributed by atoms with Crippen molar-refractivity contribution in [3.63, 3.8) is 0 Å². The summed E-state index contributed by atoms with van der Waals surface area (Å²) in [6, 6.07) is 14.7. The van der Waals surface area contributed by atoms with Gasteiger partial charge < -0.3 is 10.0 Å². The molecule has 0 saturated carbocycles. The SMILES string of the molecule is Cc1ccc(C(O)CN2CCc3ccccc32)c(C)c1. The summed E-state index contributed by atoms with van der Waals surface area (Å²) in [7, 11) is 0. The molecule has 2 heteroatoms. The number of aliphatic hydroxyl groups is 1. The number of benzene rings is 2. The van der Waals surface area contributed by atoms with E-state index in [0.29, 0.717) is 6.54 Å². The Morgan fingerprint density at radius 2 is 1.95 bits per heavy atom. The predicted molar refractivity (Wildman–Crippen MR) is 83.2 cm³/mol. The monoisotopic (exact) mass is 267 g/mol. The molecule has 20 heavy (non-hydrogen) atoms. The van der Waals surface area contributed by atoms with E-state index in [1.807, 2.05) is 0 Å². The smallest absolute Gasteiger partial charge is 0.0967 e. The van der Waals surface area contributed by atoms with E-state index in [4.69, 9.17) is 0 Å². The summed E-state index contributed by atoms with van der Waals surface area (Å²) in [6.07, 6.45) is 0.650. The molecule has 2 aromatic rings. The second kappa shape index (κ2) is 5.29. The summed E-state index contributed by atoms with van der Waals surface area (Å²) < 4.78 is 0. The van der Waals surface area contributed by atoms with Crippen molar-refractivity contribution in [2.45, 2.75) is 26.4 Å². The van der Waals surface area contributed by atoms with Crippen LogP contribution >= 0.6 is 0 Å². The minimum Gasteiger partial charge on any atom is -0.387 e. The Morgan fingerprint density at radius 1 is 1.15 bits per heavy atom. The van der Waals surface area contributed by atoms with Crippen molar-refractivity contribution in [1.29, 1.82) is 0 Å². The average Bonchev–Trinajstić information content (AvgIpc) is 2.82. The van der Waals surface area contributed by atoms with Crippen molar-refractivity contribution in [2.24, 2.45) is 0 Å². The molecule has 1 N–H and O–H groups in total. The van der Waals surface area contributed by atoms with Gasteiger partial charge in [-0.3, -0.25) is 0 Å². The van der Waals surface area contributed by atoms with Gasteiger partial charge in [0.1, 0.15) is 0 Å². The lowest BCUT2D eigenvalue weighted by Gasteiger charge is -2.24. The summed E-state index contributed by atoms with van der Waals surface area (Å²) in [5, 5.41) is 10.5. The lowest BCUT2D eigenvalue weighted by Crippen LogP contribution is -2.26. The van der Waals surface area contributed by atoms with Crippen LogP contribution in [-0.2, 0) is 6.42 Å². The largest absolute Gasteiger partial charge is 0.387 e. The van der Waals surface area contributed by atoms with Gasteiger partial charge in [0.15, 0.2) is 0 Å². The minimum absolute atomic E-state index is 0.429. The molecule has 104 valence electrons. The Kier molecular flexibility index (Phi) is 3.49. The zero-order valence-corrected chi connectivity index (χ0v) is 12.1. The van der Waals surface area contributed by atoms with Crippen LogP contribution in [0.15, 0.2) is 42.5 Å². The van der Waals surface area contributed by atoms with Gasteiger partial charge in [-0.15, -0.1) is 0 Å². The molecule has 1 unspecified atom stereocenters. The fourth-order valence-electron chi connectivity index (χ4n) is 3.10. The molecule has 0 fully saturated rings. The third kappa shape index (κ3) is 2.44. The van der Waals surface area contributed by atoms with Gasteiger partial charge in [-0.25, -0.2) is 0 Å². The van der Waals surface area contributed by atoms with Crippen LogP contribution in [0.3, 0.4) is 0 Å². The van der Waals surface area contributed by atoms with Gasteiger partial charge in [-0.05, 0) is 43.0 Å². The van der Waals surface area contributed by atoms with Crippen LogP contribution in [-0.4, -0.2) is 18.2 Å². The van der Waals surface area contributed by atoms with Crippen LogP contribution in [0.4, 0.5) is 5.69 Å². The summed E-state index contributed by atoms with van der Waals surface area (Å²) in [4.78, 5) is 2.29. The number of para-hydroxylation sites is 1. The molecule has 1 aliphatic rings. The molecule has 1 atom stereocenters. The first-order valence-electron chi connectivity index (χ1n) is 7.23. The number of hydrogen-bond donors (Lipinski definition) is 1. The Morgan fingerprint density at radius 3 is 2.75 bits per heavy atom. The second-order valence-electron chi connectivity index (χ2n) is 5.70.